The van der Waals surface area contributed by atoms with Crippen molar-refractivity contribution in [3.63, 3.8) is 0 Å². The second-order valence-corrected chi connectivity index (χ2v) is 6.58. The van der Waals surface area contributed by atoms with Gasteiger partial charge in [0.2, 0.25) is 5.82 Å². The first-order chi connectivity index (χ1) is 13.3. The molecule has 1 aliphatic rings. The van der Waals surface area contributed by atoms with Crippen LogP contribution in [0.5, 0.6) is 5.75 Å². The largest absolute Gasteiger partial charge is 0.485 e. The number of hydrogen-bond acceptors (Lipinski definition) is 7. The van der Waals surface area contributed by atoms with Crippen molar-refractivity contribution in [3.05, 3.63) is 54.5 Å². The fourth-order valence-electron chi connectivity index (χ4n) is 3.21. The second kappa shape index (κ2) is 8.18. The number of hydrogen-bond donors (Lipinski definition) is 0. The van der Waals surface area contributed by atoms with Crippen molar-refractivity contribution in [2.24, 2.45) is 5.92 Å². The lowest BCUT2D eigenvalue weighted by atomic mass is 10.1. The van der Waals surface area contributed by atoms with E-state index in [0.717, 1.165) is 43.2 Å². The molecule has 7 heteroatoms. The Hall–Kier alpha value is -2.93. The van der Waals surface area contributed by atoms with Gasteiger partial charge in [-0.05, 0) is 30.7 Å². The molecule has 4 rings (SSSR count). The molecular formula is C20H22N4O3. The lowest BCUT2D eigenvalue weighted by molar-refractivity contribution is 0.161. The molecule has 1 atom stereocenters. The first kappa shape index (κ1) is 17.5. The average molecular weight is 366 g/mol. The number of aromatic nitrogens is 3. The van der Waals surface area contributed by atoms with Crippen LogP contribution >= 0.6 is 0 Å². The van der Waals surface area contributed by atoms with Crippen molar-refractivity contribution in [1.82, 2.24) is 15.1 Å². The fourth-order valence-corrected chi connectivity index (χ4v) is 3.21. The van der Waals surface area contributed by atoms with Gasteiger partial charge < -0.3 is 18.9 Å². The standard InChI is InChI=1S/C20H22N4O3/c1-25-13-15-9-10-24(12-15)19-8-7-16(11-21-19)20-22-18(23-27-20)14-26-17-5-3-2-4-6-17/h2-8,11,15H,9-10,12-14H2,1H3/t15-/m1/s1. The van der Waals surface area contributed by atoms with Gasteiger partial charge in [-0.2, -0.15) is 4.98 Å². The van der Waals surface area contributed by atoms with Gasteiger partial charge in [0.05, 0.1) is 12.2 Å². The molecule has 27 heavy (non-hydrogen) atoms. The van der Waals surface area contributed by atoms with E-state index in [4.69, 9.17) is 14.0 Å². The van der Waals surface area contributed by atoms with E-state index in [1.54, 1.807) is 13.3 Å². The van der Waals surface area contributed by atoms with Gasteiger partial charge in [0, 0.05) is 32.3 Å². The maximum Gasteiger partial charge on any atom is 0.259 e. The van der Waals surface area contributed by atoms with Gasteiger partial charge in [-0.3, -0.25) is 0 Å². The SMILES string of the molecule is COC[C@@H]1CCN(c2ccc(-c3nc(COc4ccccc4)no3)cn2)C1. The number of anilines is 1. The summed E-state index contributed by atoms with van der Waals surface area (Å²) in [5.41, 5.74) is 0.796. The van der Waals surface area contributed by atoms with Crippen LogP contribution in [0.1, 0.15) is 12.2 Å². The van der Waals surface area contributed by atoms with E-state index in [2.05, 4.69) is 20.0 Å². The van der Waals surface area contributed by atoms with E-state index in [0.29, 0.717) is 17.6 Å². The maximum atomic E-state index is 5.64. The van der Waals surface area contributed by atoms with E-state index in [-0.39, 0.29) is 6.61 Å². The molecule has 1 aliphatic heterocycles. The Morgan fingerprint density at radius 2 is 2.07 bits per heavy atom. The predicted molar refractivity (Wildman–Crippen MR) is 100 cm³/mol. The summed E-state index contributed by atoms with van der Waals surface area (Å²) < 4.78 is 16.2. The van der Waals surface area contributed by atoms with E-state index < -0.39 is 0 Å². The van der Waals surface area contributed by atoms with Gasteiger partial charge in [0.1, 0.15) is 11.6 Å². The molecule has 7 nitrogen and oxygen atoms in total. The summed E-state index contributed by atoms with van der Waals surface area (Å²) in [5, 5.41) is 3.97. The number of rotatable bonds is 7. The number of methoxy groups -OCH3 is 1. The summed E-state index contributed by atoms with van der Waals surface area (Å²) in [6.07, 6.45) is 2.90. The number of ether oxygens (including phenoxy) is 2. The molecule has 1 fully saturated rings. The zero-order valence-electron chi connectivity index (χ0n) is 15.2. The molecule has 0 bridgehead atoms. The molecule has 0 aliphatic carbocycles. The highest BCUT2D eigenvalue weighted by Crippen LogP contribution is 2.24. The molecule has 0 amide bonds. The second-order valence-electron chi connectivity index (χ2n) is 6.58. The number of para-hydroxylation sites is 1. The molecule has 0 unspecified atom stereocenters. The van der Waals surface area contributed by atoms with Crippen molar-refractivity contribution in [1.29, 1.82) is 0 Å². The van der Waals surface area contributed by atoms with Crippen LogP contribution in [0, 0.1) is 5.92 Å². The Morgan fingerprint density at radius 1 is 1.19 bits per heavy atom. The molecule has 1 aromatic carbocycles. The van der Waals surface area contributed by atoms with E-state index >= 15 is 0 Å². The molecule has 1 saturated heterocycles. The topological polar surface area (TPSA) is 73.5 Å². The minimum absolute atomic E-state index is 0.258. The normalized spacial score (nSPS) is 16.6. The van der Waals surface area contributed by atoms with Gasteiger partial charge in [0.25, 0.3) is 5.89 Å². The third-order valence-corrected chi connectivity index (χ3v) is 4.59. The van der Waals surface area contributed by atoms with E-state index in [1.807, 2.05) is 42.5 Å². The van der Waals surface area contributed by atoms with Crippen LogP contribution in [0.2, 0.25) is 0 Å². The van der Waals surface area contributed by atoms with Gasteiger partial charge in [0.15, 0.2) is 6.61 Å². The summed E-state index contributed by atoms with van der Waals surface area (Å²) in [6.45, 7) is 3.03. The van der Waals surface area contributed by atoms with Crippen LogP contribution in [0.3, 0.4) is 0 Å². The van der Waals surface area contributed by atoms with Crippen LogP contribution in [-0.4, -0.2) is 41.9 Å². The van der Waals surface area contributed by atoms with Crippen LogP contribution in [0.15, 0.2) is 53.2 Å². The van der Waals surface area contributed by atoms with Crippen molar-refractivity contribution >= 4 is 5.82 Å². The van der Waals surface area contributed by atoms with Crippen molar-refractivity contribution in [2.45, 2.75) is 13.0 Å². The smallest absolute Gasteiger partial charge is 0.259 e. The highest BCUT2D eigenvalue weighted by Gasteiger charge is 2.23. The summed E-state index contributed by atoms with van der Waals surface area (Å²) in [5.74, 6) is 3.25. The number of benzene rings is 1. The first-order valence-electron chi connectivity index (χ1n) is 9.02. The van der Waals surface area contributed by atoms with Crippen molar-refractivity contribution in [3.8, 4) is 17.2 Å². The maximum absolute atomic E-state index is 5.64. The molecule has 0 radical (unpaired) electrons. The Morgan fingerprint density at radius 3 is 2.85 bits per heavy atom. The Labute approximate surface area is 157 Å². The van der Waals surface area contributed by atoms with Gasteiger partial charge in [-0.1, -0.05) is 23.4 Å². The van der Waals surface area contributed by atoms with Crippen LogP contribution in [0.25, 0.3) is 11.5 Å². The van der Waals surface area contributed by atoms with Crippen LogP contribution in [-0.2, 0) is 11.3 Å². The average Bonchev–Trinajstić information content (AvgIpc) is 3.37. The minimum atomic E-state index is 0.258. The van der Waals surface area contributed by atoms with Crippen molar-refractivity contribution in [2.75, 3.05) is 31.7 Å². The third-order valence-electron chi connectivity index (χ3n) is 4.59. The van der Waals surface area contributed by atoms with Crippen LogP contribution in [0.4, 0.5) is 5.82 Å². The third kappa shape index (κ3) is 4.25. The molecule has 2 aromatic heterocycles. The lowest BCUT2D eigenvalue weighted by Crippen LogP contribution is -2.21. The molecule has 0 saturated carbocycles. The molecule has 140 valence electrons. The lowest BCUT2D eigenvalue weighted by Gasteiger charge is -2.17. The van der Waals surface area contributed by atoms with Gasteiger partial charge in [-0.15, -0.1) is 0 Å². The van der Waals surface area contributed by atoms with Gasteiger partial charge in [-0.25, -0.2) is 4.98 Å². The summed E-state index contributed by atoms with van der Waals surface area (Å²) in [7, 11) is 1.75. The molecule has 0 spiro atoms. The molecule has 0 N–H and O–H groups in total. The summed E-state index contributed by atoms with van der Waals surface area (Å²) in [6, 6.07) is 13.5. The Bertz CT molecular complexity index is 851. The monoisotopic (exact) mass is 366 g/mol. The Balaban J connectivity index is 1.37. The predicted octanol–water partition coefficient (Wildman–Crippen LogP) is 3.18. The zero-order chi connectivity index (χ0) is 18.5. The molecule has 3 heterocycles. The highest BCUT2D eigenvalue weighted by molar-refractivity contribution is 5.54. The van der Waals surface area contributed by atoms with Crippen molar-refractivity contribution < 1.29 is 14.0 Å². The number of nitrogens with zero attached hydrogens (tertiary/aromatic N) is 4. The molecular weight excluding hydrogens is 344 g/mol. The molecule has 3 aromatic rings. The number of pyridine rings is 1. The van der Waals surface area contributed by atoms with Crippen LogP contribution < -0.4 is 9.64 Å². The summed E-state index contributed by atoms with van der Waals surface area (Å²) in [4.78, 5) is 11.2. The van der Waals surface area contributed by atoms with E-state index in [1.165, 1.54) is 0 Å². The highest BCUT2D eigenvalue weighted by atomic mass is 16.5. The Kier molecular flexibility index (Phi) is 5.29. The van der Waals surface area contributed by atoms with Gasteiger partial charge >= 0.3 is 0 Å². The quantitative estimate of drug-likeness (QED) is 0.636. The minimum Gasteiger partial charge on any atom is -0.485 e. The first-order valence-corrected chi connectivity index (χ1v) is 9.02. The fraction of sp³-hybridized carbons (Fsp3) is 0.350. The summed E-state index contributed by atoms with van der Waals surface area (Å²) >= 11 is 0. The zero-order valence-corrected chi connectivity index (χ0v) is 15.2. The van der Waals surface area contributed by atoms with E-state index in [9.17, 15) is 0 Å².